The second kappa shape index (κ2) is 9.04. The average molecular weight is 415 g/mol. The van der Waals surface area contributed by atoms with Gasteiger partial charge in [-0.3, -0.25) is 10.4 Å². The van der Waals surface area contributed by atoms with Crippen molar-refractivity contribution in [2.24, 2.45) is 4.99 Å². The fraction of sp³-hybridized carbons (Fsp3) is 0.350. The summed E-state index contributed by atoms with van der Waals surface area (Å²) >= 11 is 1.60. The van der Waals surface area contributed by atoms with Crippen LogP contribution in [0, 0.1) is 0 Å². The van der Waals surface area contributed by atoms with Crippen molar-refractivity contribution in [1.82, 2.24) is 10.4 Å². The minimum absolute atomic E-state index is 0.0103. The smallest absolute Gasteiger partial charge is 0.327 e. The molecule has 1 atom stereocenters. The number of aromatic nitrogens is 1. The van der Waals surface area contributed by atoms with Crippen LogP contribution in [0.3, 0.4) is 0 Å². The summed E-state index contributed by atoms with van der Waals surface area (Å²) in [4.78, 5) is 20.3. The van der Waals surface area contributed by atoms with Crippen LogP contribution in [0.1, 0.15) is 20.8 Å². The zero-order valence-corrected chi connectivity index (χ0v) is 17.5. The minimum atomic E-state index is -0.897. The third-order valence-corrected chi connectivity index (χ3v) is 5.37. The predicted molar refractivity (Wildman–Crippen MR) is 119 cm³/mol. The fourth-order valence-corrected chi connectivity index (χ4v) is 3.46. The number of hydrazine groups is 1. The average Bonchev–Trinajstić information content (AvgIpc) is 3.14. The van der Waals surface area contributed by atoms with Crippen molar-refractivity contribution >= 4 is 40.9 Å². The summed E-state index contributed by atoms with van der Waals surface area (Å²) < 4.78 is -0.0103. The molecule has 8 nitrogen and oxygen atoms in total. The Kier molecular flexibility index (Phi) is 6.48. The molecule has 0 aliphatic carbocycles. The summed E-state index contributed by atoms with van der Waals surface area (Å²) in [5.41, 5.74) is 4.98. The van der Waals surface area contributed by atoms with Gasteiger partial charge in [0.15, 0.2) is 0 Å². The number of benzene rings is 1. The van der Waals surface area contributed by atoms with Crippen LogP contribution < -0.4 is 21.1 Å². The molecule has 0 saturated heterocycles. The van der Waals surface area contributed by atoms with Crippen molar-refractivity contribution in [3.63, 3.8) is 0 Å². The Morgan fingerprint density at radius 2 is 2.07 bits per heavy atom. The van der Waals surface area contributed by atoms with Crippen LogP contribution in [0.25, 0.3) is 0 Å². The van der Waals surface area contributed by atoms with Crippen LogP contribution in [0.2, 0.25) is 0 Å². The first-order chi connectivity index (χ1) is 13.8. The number of pyridine rings is 1. The Hall–Kier alpha value is -2.94. The zero-order valence-electron chi connectivity index (χ0n) is 16.7. The number of nitrogens with zero attached hydrogens (tertiary/aromatic N) is 3. The number of carboxylic acid groups (broad SMARTS) is 1. The molecular formula is C20H26N6O2S. The number of rotatable bonds is 7. The molecule has 4 N–H and O–H groups in total. The largest absolute Gasteiger partial charge is 0.480 e. The minimum Gasteiger partial charge on any atom is -0.480 e. The molecule has 2 aromatic rings. The molecule has 1 aliphatic heterocycles. The van der Waals surface area contributed by atoms with Gasteiger partial charge < -0.3 is 15.7 Å². The number of carboxylic acids is 1. The van der Waals surface area contributed by atoms with E-state index >= 15 is 0 Å². The van der Waals surface area contributed by atoms with Gasteiger partial charge in [0.25, 0.3) is 0 Å². The SMILES string of the molecule is CC(C)(C)SCC(Nc1cc(N2CN=C(Nc3ccccc3)N2)ccn1)C(=O)O. The number of nitrogens with one attached hydrogen (secondary N) is 3. The molecule has 0 saturated carbocycles. The standard InChI is InChI=1S/C20H26N6O2S/c1-20(2,3)29-12-16(18(27)28)24-17-11-15(9-10-21-17)26-13-22-19(25-26)23-14-7-5-4-6-8-14/h4-11,16H,12-13H2,1-3H3,(H,21,24)(H,27,28)(H2,22,23,25). The summed E-state index contributed by atoms with van der Waals surface area (Å²) in [6.45, 7) is 6.63. The lowest BCUT2D eigenvalue weighted by molar-refractivity contribution is -0.137. The predicted octanol–water partition coefficient (Wildman–Crippen LogP) is 3.23. The van der Waals surface area contributed by atoms with Gasteiger partial charge in [0.1, 0.15) is 18.5 Å². The van der Waals surface area contributed by atoms with Crippen molar-refractivity contribution in [1.29, 1.82) is 0 Å². The first-order valence-corrected chi connectivity index (χ1v) is 10.3. The van der Waals surface area contributed by atoms with E-state index < -0.39 is 12.0 Å². The molecule has 29 heavy (non-hydrogen) atoms. The summed E-state index contributed by atoms with van der Waals surface area (Å²) in [6, 6.07) is 12.7. The van der Waals surface area contributed by atoms with Gasteiger partial charge in [0.05, 0.1) is 5.69 Å². The van der Waals surface area contributed by atoms with Crippen molar-refractivity contribution in [2.45, 2.75) is 31.6 Å². The molecular weight excluding hydrogens is 388 g/mol. The lowest BCUT2D eigenvalue weighted by atomic mass is 10.3. The molecule has 1 aliphatic rings. The van der Waals surface area contributed by atoms with Crippen LogP contribution in [0.5, 0.6) is 0 Å². The van der Waals surface area contributed by atoms with Gasteiger partial charge in [-0.1, -0.05) is 39.0 Å². The number of para-hydroxylation sites is 1. The van der Waals surface area contributed by atoms with Crippen LogP contribution >= 0.6 is 11.8 Å². The molecule has 0 spiro atoms. The quantitative estimate of drug-likeness (QED) is 0.548. The number of aliphatic imine (C=N–C) groups is 1. The summed E-state index contributed by atoms with van der Waals surface area (Å²) in [6.07, 6.45) is 1.65. The van der Waals surface area contributed by atoms with Crippen LogP contribution in [0.15, 0.2) is 53.7 Å². The van der Waals surface area contributed by atoms with E-state index in [0.29, 0.717) is 24.2 Å². The van der Waals surface area contributed by atoms with E-state index in [1.54, 1.807) is 18.0 Å². The Morgan fingerprint density at radius 3 is 2.76 bits per heavy atom. The maximum atomic E-state index is 11.6. The lowest BCUT2D eigenvalue weighted by Gasteiger charge is -2.23. The number of carbonyl (C=O) groups is 1. The van der Waals surface area contributed by atoms with Crippen LogP contribution in [0.4, 0.5) is 17.2 Å². The van der Waals surface area contributed by atoms with Crippen molar-refractivity contribution < 1.29 is 9.90 Å². The molecule has 0 fully saturated rings. The van der Waals surface area contributed by atoms with Gasteiger partial charge in [-0.15, -0.1) is 0 Å². The van der Waals surface area contributed by atoms with Crippen LogP contribution in [-0.4, -0.2) is 45.2 Å². The first-order valence-electron chi connectivity index (χ1n) is 9.30. The maximum absolute atomic E-state index is 11.6. The topological polar surface area (TPSA) is 102 Å². The summed E-state index contributed by atoms with van der Waals surface area (Å²) in [5.74, 6) is 0.704. The van der Waals surface area contributed by atoms with Crippen molar-refractivity contribution in [3.05, 3.63) is 48.7 Å². The second-order valence-corrected chi connectivity index (χ2v) is 9.38. The molecule has 3 rings (SSSR count). The normalized spacial score (nSPS) is 14.7. The Morgan fingerprint density at radius 1 is 1.31 bits per heavy atom. The van der Waals surface area contributed by atoms with E-state index in [2.05, 4.69) is 46.8 Å². The van der Waals surface area contributed by atoms with Crippen LogP contribution in [-0.2, 0) is 4.79 Å². The van der Waals surface area contributed by atoms with Crippen molar-refractivity contribution in [2.75, 3.05) is 28.1 Å². The number of hydrogen-bond donors (Lipinski definition) is 4. The Balaban J connectivity index is 1.61. The molecule has 1 aromatic heterocycles. The maximum Gasteiger partial charge on any atom is 0.327 e. The van der Waals surface area contributed by atoms with E-state index in [4.69, 9.17) is 0 Å². The highest BCUT2D eigenvalue weighted by Crippen LogP contribution is 2.25. The molecule has 1 unspecified atom stereocenters. The third-order valence-electron chi connectivity index (χ3n) is 4.01. The molecule has 0 amide bonds. The molecule has 0 bridgehead atoms. The highest BCUT2D eigenvalue weighted by atomic mass is 32.2. The van der Waals surface area contributed by atoms with Gasteiger partial charge >= 0.3 is 5.97 Å². The van der Waals surface area contributed by atoms with E-state index in [9.17, 15) is 9.90 Å². The number of guanidine groups is 1. The van der Waals surface area contributed by atoms with Gasteiger partial charge in [0, 0.05) is 28.5 Å². The van der Waals surface area contributed by atoms with E-state index in [1.165, 1.54) is 0 Å². The molecule has 1 aromatic carbocycles. The molecule has 0 radical (unpaired) electrons. The highest BCUT2D eigenvalue weighted by Gasteiger charge is 2.22. The van der Waals surface area contributed by atoms with Gasteiger partial charge in [-0.2, -0.15) is 11.8 Å². The van der Waals surface area contributed by atoms with E-state index in [0.717, 1.165) is 11.4 Å². The lowest BCUT2D eigenvalue weighted by Crippen LogP contribution is -2.39. The Labute approximate surface area is 174 Å². The molecule has 9 heteroatoms. The van der Waals surface area contributed by atoms with E-state index in [-0.39, 0.29) is 4.75 Å². The molecule has 154 valence electrons. The van der Waals surface area contributed by atoms with Crippen molar-refractivity contribution in [3.8, 4) is 0 Å². The number of anilines is 3. The summed E-state index contributed by atoms with van der Waals surface area (Å²) in [7, 11) is 0. The third kappa shape index (κ3) is 6.28. The first kappa shape index (κ1) is 20.8. The molecule has 2 heterocycles. The summed E-state index contributed by atoms with van der Waals surface area (Å²) in [5, 5.41) is 17.6. The van der Waals surface area contributed by atoms with Gasteiger partial charge in [-0.25, -0.2) is 14.8 Å². The van der Waals surface area contributed by atoms with E-state index in [1.807, 2.05) is 47.5 Å². The zero-order chi connectivity index (χ0) is 20.9. The second-order valence-electron chi connectivity index (χ2n) is 7.54. The van der Waals surface area contributed by atoms with Gasteiger partial charge in [-0.05, 0) is 18.2 Å². The number of aliphatic carboxylic acids is 1. The van der Waals surface area contributed by atoms with Gasteiger partial charge in [0.2, 0.25) is 5.96 Å². The highest BCUT2D eigenvalue weighted by molar-refractivity contribution is 8.00. The number of hydrogen-bond acceptors (Lipinski definition) is 8. The Bertz CT molecular complexity index is 869. The number of thioether (sulfide) groups is 1. The monoisotopic (exact) mass is 414 g/mol. The fourth-order valence-electron chi connectivity index (χ4n) is 2.56.